The summed E-state index contributed by atoms with van der Waals surface area (Å²) in [6.45, 7) is 8.24. The minimum atomic E-state index is -0.566. The Balaban J connectivity index is 2.66. The van der Waals surface area contributed by atoms with Gasteiger partial charge in [-0.1, -0.05) is 31.5 Å². The molecule has 1 saturated carbocycles. The molecular weight excluding hydrogens is 240 g/mol. The SMILES string of the molecule is COC(=O)C1(c2cc(C)cc(C)c2OC)CC1(C)C. The lowest BCUT2D eigenvalue weighted by Crippen LogP contribution is -2.28. The van der Waals surface area contributed by atoms with Crippen molar-refractivity contribution < 1.29 is 14.3 Å². The van der Waals surface area contributed by atoms with E-state index in [1.165, 1.54) is 7.11 Å². The first-order valence-electron chi connectivity index (χ1n) is 6.54. The van der Waals surface area contributed by atoms with Crippen molar-refractivity contribution in [2.24, 2.45) is 5.41 Å². The second-order valence-corrected chi connectivity index (χ2v) is 6.12. The summed E-state index contributed by atoms with van der Waals surface area (Å²) in [6.07, 6.45) is 0.798. The van der Waals surface area contributed by atoms with Crippen molar-refractivity contribution in [3.05, 3.63) is 28.8 Å². The maximum atomic E-state index is 12.3. The van der Waals surface area contributed by atoms with Crippen molar-refractivity contribution in [2.45, 2.75) is 39.5 Å². The standard InChI is InChI=1S/C16H22O3/c1-10-7-11(2)13(18-5)12(8-10)16(14(17)19-6)9-15(16,3)4/h7-8H,9H2,1-6H3. The first-order chi connectivity index (χ1) is 8.80. The molecule has 0 bridgehead atoms. The summed E-state index contributed by atoms with van der Waals surface area (Å²) in [5.41, 5.74) is 2.50. The minimum Gasteiger partial charge on any atom is -0.496 e. The molecule has 2 rings (SSSR count). The summed E-state index contributed by atoms with van der Waals surface area (Å²) in [5, 5.41) is 0. The van der Waals surface area contributed by atoms with E-state index in [0.717, 1.165) is 28.9 Å². The van der Waals surface area contributed by atoms with Gasteiger partial charge in [0.1, 0.15) is 11.2 Å². The van der Waals surface area contributed by atoms with Crippen molar-refractivity contribution in [3.8, 4) is 5.75 Å². The molecule has 1 unspecified atom stereocenters. The minimum absolute atomic E-state index is 0.0897. The van der Waals surface area contributed by atoms with E-state index < -0.39 is 5.41 Å². The van der Waals surface area contributed by atoms with Gasteiger partial charge in [0.25, 0.3) is 0 Å². The molecule has 0 N–H and O–H groups in total. The fourth-order valence-corrected chi connectivity index (χ4v) is 3.25. The summed E-state index contributed by atoms with van der Waals surface area (Å²) in [4.78, 5) is 12.3. The molecule has 104 valence electrons. The van der Waals surface area contributed by atoms with E-state index >= 15 is 0 Å². The average molecular weight is 262 g/mol. The zero-order valence-electron chi connectivity index (χ0n) is 12.6. The molecule has 19 heavy (non-hydrogen) atoms. The third kappa shape index (κ3) is 1.83. The van der Waals surface area contributed by atoms with Crippen LogP contribution in [0.25, 0.3) is 0 Å². The van der Waals surface area contributed by atoms with Crippen LogP contribution >= 0.6 is 0 Å². The molecule has 3 nitrogen and oxygen atoms in total. The molecule has 1 fully saturated rings. The molecule has 0 saturated heterocycles. The summed E-state index contributed by atoms with van der Waals surface area (Å²) in [6, 6.07) is 4.13. The Kier molecular flexibility index (Phi) is 3.12. The average Bonchev–Trinajstić information content (AvgIpc) is 2.92. The molecule has 0 radical (unpaired) electrons. The van der Waals surface area contributed by atoms with E-state index in [9.17, 15) is 4.79 Å². The second kappa shape index (κ2) is 4.26. The Hall–Kier alpha value is -1.51. The number of benzene rings is 1. The number of carbonyl (C=O) groups excluding carboxylic acids is 1. The largest absolute Gasteiger partial charge is 0.496 e. The Labute approximate surface area is 114 Å². The van der Waals surface area contributed by atoms with E-state index in [4.69, 9.17) is 9.47 Å². The van der Waals surface area contributed by atoms with E-state index in [1.54, 1.807) is 7.11 Å². The van der Waals surface area contributed by atoms with E-state index in [1.807, 2.05) is 13.8 Å². The zero-order chi connectivity index (χ0) is 14.4. The van der Waals surface area contributed by atoms with Gasteiger partial charge in [-0.25, -0.2) is 0 Å². The lowest BCUT2D eigenvalue weighted by molar-refractivity contribution is -0.144. The highest BCUT2D eigenvalue weighted by Gasteiger charge is 2.69. The number of esters is 1. The highest BCUT2D eigenvalue weighted by Crippen LogP contribution is 2.66. The fourth-order valence-electron chi connectivity index (χ4n) is 3.25. The van der Waals surface area contributed by atoms with Crippen LogP contribution in [-0.4, -0.2) is 20.2 Å². The normalized spacial score (nSPS) is 23.9. The molecule has 0 spiro atoms. The van der Waals surface area contributed by atoms with Crippen LogP contribution in [0.15, 0.2) is 12.1 Å². The van der Waals surface area contributed by atoms with Gasteiger partial charge in [-0.3, -0.25) is 4.79 Å². The van der Waals surface area contributed by atoms with Crippen LogP contribution in [0, 0.1) is 19.3 Å². The molecule has 0 aromatic heterocycles. The molecule has 1 aromatic rings. The van der Waals surface area contributed by atoms with Crippen molar-refractivity contribution >= 4 is 5.97 Å². The summed E-state index contributed by atoms with van der Waals surface area (Å²) >= 11 is 0. The second-order valence-electron chi connectivity index (χ2n) is 6.12. The van der Waals surface area contributed by atoms with Crippen LogP contribution in [0.5, 0.6) is 5.75 Å². The lowest BCUT2D eigenvalue weighted by atomic mass is 9.85. The molecule has 3 heteroatoms. The van der Waals surface area contributed by atoms with Crippen molar-refractivity contribution in [3.63, 3.8) is 0 Å². The van der Waals surface area contributed by atoms with Crippen molar-refractivity contribution in [1.82, 2.24) is 0 Å². The smallest absolute Gasteiger partial charge is 0.316 e. The number of ether oxygens (including phenoxy) is 2. The quantitative estimate of drug-likeness (QED) is 0.785. The molecule has 0 heterocycles. The van der Waals surface area contributed by atoms with Gasteiger partial charge in [-0.15, -0.1) is 0 Å². The Morgan fingerprint density at radius 3 is 2.21 bits per heavy atom. The molecule has 0 amide bonds. The number of hydrogen-bond acceptors (Lipinski definition) is 3. The molecule has 1 aliphatic rings. The maximum Gasteiger partial charge on any atom is 0.316 e. The van der Waals surface area contributed by atoms with Gasteiger partial charge in [-0.05, 0) is 31.2 Å². The zero-order valence-corrected chi connectivity index (χ0v) is 12.6. The predicted molar refractivity (Wildman–Crippen MR) is 74.6 cm³/mol. The number of hydrogen-bond donors (Lipinski definition) is 0. The van der Waals surface area contributed by atoms with Gasteiger partial charge in [0.2, 0.25) is 0 Å². The molecule has 0 aliphatic heterocycles. The van der Waals surface area contributed by atoms with Crippen LogP contribution in [0.1, 0.15) is 37.0 Å². The summed E-state index contributed by atoms with van der Waals surface area (Å²) in [7, 11) is 3.11. The van der Waals surface area contributed by atoms with Crippen LogP contribution in [0.3, 0.4) is 0 Å². The van der Waals surface area contributed by atoms with Crippen LogP contribution in [0.4, 0.5) is 0 Å². The molecular formula is C16H22O3. The van der Waals surface area contributed by atoms with Crippen LogP contribution < -0.4 is 4.74 Å². The highest BCUT2D eigenvalue weighted by atomic mass is 16.5. The van der Waals surface area contributed by atoms with E-state index in [-0.39, 0.29) is 11.4 Å². The fraction of sp³-hybridized carbons (Fsp3) is 0.562. The third-order valence-electron chi connectivity index (χ3n) is 4.35. The van der Waals surface area contributed by atoms with E-state index in [2.05, 4.69) is 26.0 Å². The van der Waals surface area contributed by atoms with Gasteiger partial charge >= 0.3 is 5.97 Å². The first-order valence-corrected chi connectivity index (χ1v) is 6.54. The topological polar surface area (TPSA) is 35.5 Å². The Morgan fingerprint density at radius 2 is 1.79 bits per heavy atom. The third-order valence-corrected chi connectivity index (χ3v) is 4.35. The predicted octanol–water partition coefficient (Wildman–Crippen LogP) is 3.15. The number of aryl methyl sites for hydroxylation is 2. The number of carbonyl (C=O) groups is 1. The maximum absolute atomic E-state index is 12.3. The van der Waals surface area contributed by atoms with Gasteiger partial charge in [0.05, 0.1) is 14.2 Å². The van der Waals surface area contributed by atoms with Gasteiger partial charge in [0, 0.05) is 5.56 Å². The number of rotatable bonds is 3. The molecule has 1 aromatic carbocycles. The van der Waals surface area contributed by atoms with Crippen LogP contribution in [-0.2, 0) is 14.9 Å². The Bertz CT molecular complexity index is 531. The summed E-state index contributed by atoms with van der Waals surface area (Å²) in [5.74, 6) is 0.641. The lowest BCUT2D eigenvalue weighted by Gasteiger charge is -2.22. The van der Waals surface area contributed by atoms with Crippen LogP contribution in [0.2, 0.25) is 0 Å². The highest BCUT2D eigenvalue weighted by molar-refractivity contribution is 5.90. The van der Waals surface area contributed by atoms with Gasteiger partial charge < -0.3 is 9.47 Å². The van der Waals surface area contributed by atoms with Gasteiger partial charge in [0.15, 0.2) is 0 Å². The Morgan fingerprint density at radius 1 is 1.21 bits per heavy atom. The molecule has 1 aliphatic carbocycles. The van der Waals surface area contributed by atoms with Crippen molar-refractivity contribution in [2.75, 3.05) is 14.2 Å². The molecule has 1 atom stereocenters. The summed E-state index contributed by atoms with van der Waals surface area (Å²) < 4.78 is 10.6. The first kappa shape index (κ1) is 13.9. The van der Waals surface area contributed by atoms with Gasteiger partial charge in [-0.2, -0.15) is 0 Å². The monoisotopic (exact) mass is 262 g/mol. The van der Waals surface area contributed by atoms with Crippen molar-refractivity contribution in [1.29, 1.82) is 0 Å². The van der Waals surface area contributed by atoms with E-state index in [0.29, 0.717) is 0 Å². The number of methoxy groups -OCH3 is 2.